The van der Waals surface area contributed by atoms with Crippen molar-refractivity contribution in [3.8, 4) is 0 Å². The maximum absolute atomic E-state index is 8.83. The summed E-state index contributed by atoms with van der Waals surface area (Å²) in [5, 5.41) is 17.7. The number of unbranched alkanes of at least 4 members (excludes halogenated alkanes) is 2. The lowest BCUT2D eigenvalue weighted by molar-refractivity contribution is -0.891. The molecule has 0 aromatic carbocycles. The minimum absolute atomic E-state index is 0.283. The summed E-state index contributed by atoms with van der Waals surface area (Å²) in [6.07, 6.45) is 3.87. The predicted octanol–water partition coefficient (Wildman–Crippen LogP) is 0.717. The van der Waals surface area contributed by atoms with Crippen molar-refractivity contribution in [2.24, 2.45) is 0 Å². The van der Waals surface area contributed by atoms with Gasteiger partial charge in [0.25, 0.3) is 0 Å². The number of ether oxygens (including phenoxy) is 2. The summed E-state index contributed by atoms with van der Waals surface area (Å²) in [6.45, 7) is 7.48. The zero-order chi connectivity index (χ0) is 18.3. The molecule has 0 bridgehead atoms. The van der Waals surface area contributed by atoms with Crippen LogP contribution in [0.2, 0.25) is 0 Å². The van der Waals surface area contributed by atoms with Gasteiger partial charge in [0.15, 0.2) is 0 Å². The molecule has 0 saturated carbocycles. The summed E-state index contributed by atoms with van der Waals surface area (Å²) >= 11 is 0. The van der Waals surface area contributed by atoms with Gasteiger partial charge >= 0.3 is 0 Å². The van der Waals surface area contributed by atoms with E-state index in [0.29, 0.717) is 13.2 Å². The Labute approximate surface area is 149 Å². The Bertz CT molecular complexity index is 258. The highest BCUT2D eigenvalue weighted by atomic mass is 16.5. The van der Waals surface area contributed by atoms with E-state index in [1.54, 1.807) is 0 Å². The molecule has 0 unspecified atom stereocenters. The second-order valence-electron chi connectivity index (χ2n) is 7.85. The lowest BCUT2D eigenvalue weighted by Gasteiger charge is -2.30. The molecule has 0 aliphatic rings. The van der Waals surface area contributed by atoms with E-state index < -0.39 is 0 Å². The molecule has 0 spiro atoms. The summed E-state index contributed by atoms with van der Waals surface area (Å²) in [6, 6.07) is 0. The van der Waals surface area contributed by atoms with Gasteiger partial charge < -0.3 is 28.7 Å². The van der Waals surface area contributed by atoms with Crippen LogP contribution in [-0.4, -0.2) is 113 Å². The van der Waals surface area contributed by atoms with Gasteiger partial charge in [0.1, 0.15) is 13.1 Å². The van der Waals surface area contributed by atoms with Crippen molar-refractivity contribution >= 4 is 0 Å². The van der Waals surface area contributed by atoms with E-state index in [2.05, 4.69) is 28.2 Å². The van der Waals surface area contributed by atoms with Gasteiger partial charge in [-0.15, -0.1) is 0 Å². The van der Waals surface area contributed by atoms with Crippen LogP contribution in [-0.2, 0) is 9.47 Å². The number of hydrogen-bond acceptors (Lipinski definition) is 4. The van der Waals surface area contributed by atoms with Crippen LogP contribution in [0.4, 0.5) is 0 Å². The second-order valence-corrected chi connectivity index (χ2v) is 7.85. The van der Waals surface area contributed by atoms with Gasteiger partial charge in [0.2, 0.25) is 0 Å². The molecule has 0 aromatic heterocycles. The van der Waals surface area contributed by atoms with E-state index in [9.17, 15) is 0 Å². The first-order chi connectivity index (χ1) is 11.3. The van der Waals surface area contributed by atoms with E-state index in [1.807, 2.05) is 0 Å². The fourth-order valence-corrected chi connectivity index (χ4v) is 2.47. The van der Waals surface area contributed by atoms with Gasteiger partial charge in [-0.2, -0.15) is 0 Å². The topological polar surface area (TPSA) is 58.9 Å². The first kappa shape index (κ1) is 23.8. The Morgan fingerprint density at radius 3 is 1.25 bits per heavy atom. The maximum atomic E-state index is 8.83. The SMILES string of the molecule is C[N+](C)(CCCCO)CCOCCOCC[N+](C)(C)CCCCO. The molecule has 0 atom stereocenters. The van der Waals surface area contributed by atoms with Gasteiger partial charge in [-0.25, -0.2) is 0 Å². The highest BCUT2D eigenvalue weighted by molar-refractivity contribution is 4.41. The third-order valence-electron chi connectivity index (χ3n) is 4.40. The molecule has 0 heterocycles. The molecule has 0 aliphatic carbocycles. The fourth-order valence-electron chi connectivity index (χ4n) is 2.47. The molecule has 24 heavy (non-hydrogen) atoms. The number of aliphatic hydroxyl groups is 2. The summed E-state index contributed by atoms with van der Waals surface area (Å²) in [7, 11) is 8.81. The monoisotopic (exact) mass is 350 g/mol. The van der Waals surface area contributed by atoms with Crippen molar-refractivity contribution in [2.75, 3.05) is 94.0 Å². The number of likely N-dealkylation sites (N-methyl/N-ethyl adjacent to an activating group) is 2. The molecule has 6 heteroatoms. The Kier molecular flexibility index (Phi) is 13.8. The average molecular weight is 351 g/mol. The van der Waals surface area contributed by atoms with Gasteiger partial charge in [-0.1, -0.05) is 0 Å². The molecule has 0 rings (SSSR count). The van der Waals surface area contributed by atoms with E-state index >= 15 is 0 Å². The molecular formula is C18H42N2O4+2. The van der Waals surface area contributed by atoms with Crippen molar-refractivity contribution in [1.82, 2.24) is 0 Å². The molecule has 0 saturated heterocycles. The fraction of sp³-hybridized carbons (Fsp3) is 1.00. The molecule has 0 amide bonds. The molecule has 2 N–H and O–H groups in total. The standard InChI is InChI=1S/C18H42N2O4/c1-19(2,9-5-7-13-21)11-15-23-17-18-24-16-12-20(3,4)10-6-8-14-22/h21-22H,5-18H2,1-4H3/q+2. The number of nitrogens with zero attached hydrogens (tertiary/aromatic N) is 2. The van der Waals surface area contributed by atoms with Gasteiger partial charge in [0.05, 0.1) is 67.7 Å². The molecule has 6 nitrogen and oxygen atoms in total. The summed E-state index contributed by atoms with van der Waals surface area (Å²) in [4.78, 5) is 0. The Morgan fingerprint density at radius 2 is 0.917 bits per heavy atom. The Morgan fingerprint density at radius 1 is 0.542 bits per heavy atom. The molecule has 0 fully saturated rings. The predicted molar refractivity (Wildman–Crippen MR) is 98.0 cm³/mol. The Hall–Kier alpha value is -0.240. The van der Waals surface area contributed by atoms with Crippen molar-refractivity contribution in [1.29, 1.82) is 0 Å². The van der Waals surface area contributed by atoms with Crippen LogP contribution < -0.4 is 0 Å². The van der Waals surface area contributed by atoms with Crippen LogP contribution in [0, 0.1) is 0 Å². The number of rotatable bonds is 17. The van der Waals surface area contributed by atoms with Gasteiger partial charge in [-0.3, -0.25) is 0 Å². The first-order valence-corrected chi connectivity index (χ1v) is 9.34. The van der Waals surface area contributed by atoms with E-state index in [1.165, 1.54) is 0 Å². The third kappa shape index (κ3) is 15.3. The number of aliphatic hydroxyl groups excluding tert-OH is 2. The molecule has 0 aliphatic heterocycles. The van der Waals surface area contributed by atoms with Crippen LogP contribution in [0.3, 0.4) is 0 Å². The van der Waals surface area contributed by atoms with E-state index in [0.717, 1.165) is 74.0 Å². The minimum Gasteiger partial charge on any atom is -0.396 e. The van der Waals surface area contributed by atoms with Crippen LogP contribution in [0.15, 0.2) is 0 Å². The Balaban J connectivity index is 3.50. The van der Waals surface area contributed by atoms with Crippen LogP contribution >= 0.6 is 0 Å². The molecule has 0 aromatic rings. The summed E-state index contributed by atoms with van der Waals surface area (Å²) < 4.78 is 13.2. The smallest absolute Gasteiger partial charge is 0.102 e. The zero-order valence-electron chi connectivity index (χ0n) is 16.5. The maximum Gasteiger partial charge on any atom is 0.102 e. The molecule has 146 valence electrons. The normalized spacial score (nSPS) is 12.8. The lowest BCUT2D eigenvalue weighted by atomic mass is 10.3. The van der Waals surface area contributed by atoms with Crippen molar-refractivity contribution in [3.05, 3.63) is 0 Å². The van der Waals surface area contributed by atoms with E-state index in [4.69, 9.17) is 19.7 Å². The van der Waals surface area contributed by atoms with Crippen LogP contribution in [0.25, 0.3) is 0 Å². The van der Waals surface area contributed by atoms with Crippen LogP contribution in [0.5, 0.6) is 0 Å². The van der Waals surface area contributed by atoms with E-state index in [-0.39, 0.29) is 13.2 Å². The van der Waals surface area contributed by atoms with Gasteiger partial charge in [0, 0.05) is 13.2 Å². The highest BCUT2D eigenvalue weighted by Crippen LogP contribution is 2.02. The average Bonchev–Trinajstić information content (AvgIpc) is 2.50. The lowest BCUT2D eigenvalue weighted by Crippen LogP contribution is -2.43. The summed E-state index contributed by atoms with van der Waals surface area (Å²) in [5.74, 6) is 0. The molecular weight excluding hydrogens is 308 g/mol. The van der Waals surface area contributed by atoms with Crippen molar-refractivity contribution in [2.45, 2.75) is 25.7 Å². The molecule has 0 radical (unpaired) electrons. The van der Waals surface area contributed by atoms with Crippen LogP contribution in [0.1, 0.15) is 25.7 Å². The quantitative estimate of drug-likeness (QED) is 0.300. The first-order valence-electron chi connectivity index (χ1n) is 9.34. The minimum atomic E-state index is 0.283. The zero-order valence-corrected chi connectivity index (χ0v) is 16.5. The van der Waals surface area contributed by atoms with Crippen molar-refractivity contribution < 1.29 is 28.7 Å². The summed E-state index contributed by atoms with van der Waals surface area (Å²) in [5.41, 5.74) is 0. The van der Waals surface area contributed by atoms with Gasteiger partial charge in [-0.05, 0) is 25.7 Å². The van der Waals surface area contributed by atoms with Crippen molar-refractivity contribution in [3.63, 3.8) is 0 Å². The highest BCUT2D eigenvalue weighted by Gasteiger charge is 2.15. The number of quaternary nitrogens is 2. The largest absolute Gasteiger partial charge is 0.396 e. The number of hydrogen-bond donors (Lipinski definition) is 2. The third-order valence-corrected chi connectivity index (χ3v) is 4.40. The second kappa shape index (κ2) is 14.0.